The van der Waals surface area contributed by atoms with Crippen molar-refractivity contribution in [3.05, 3.63) is 29.9 Å². The highest BCUT2D eigenvalue weighted by Gasteiger charge is 2.33. The summed E-state index contributed by atoms with van der Waals surface area (Å²) in [5, 5.41) is 0. The van der Waals surface area contributed by atoms with E-state index in [-0.39, 0.29) is 0 Å². The fraction of sp³-hybridized carbons (Fsp3) is 0.571. The van der Waals surface area contributed by atoms with Gasteiger partial charge in [0.1, 0.15) is 0 Å². The normalized spacial score (nSPS) is 23.2. The number of fused-ring (bicyclic) bond motifs is 1. The Morgan fingerprint density at radius 2 is 1.94 bits per heavy atom. The van der Waals surface area contributed by atoms with Gasteiger partial charge in [0.25, 0.3) is 0 Å². The zero-order valence-corrected chi connectivity index (χ0v) is 10.6. The minimum absolute atomic E-state index is 0.303. The first-order valence-electron chi connectivity index (χ1n) is 6.00. The number of aromatic nitrogens is 2. The summed E-state index contributed by atoms with van der Waals surface area (Å²) in [6.07, 6.45) is 8.05. The molecule has 1 aliphatic carbocycles. The number of nitrogens with zero attached hydrogens (tertiary/aromatic N) is 2. The van der Waals surface area contributed by atoms with Crippen molar-refractivity contribution in [2.45, 2.75) is 40.5 Å². The first-order chi connectivity index (χ1) is 7.54. The maximum Gasteiger partial charge on any atom is 0.0876 e. The van der Waals surface area contributed by atoms with Crippen molar-refractivity contribution in [2.75, 3.05) is 0 Å². The Morgan fingerprint density at radius 3 is 2.56 bits per heavy atom. The van der Waals surface area contributed by atoms with Crippen LogP contribution in [0.25, 0.3) is 5.57 Å². The molecule has 0 aromatic carbocycles. The molecule has 2 rings (SSSR count). The molecule has 0 fully saturated rings. The van der Waals surface area contributed by atoms with Crippen molar-refractivity contribution < 1.29 is 0 Å². The number of aryl methyl sites for hydroxylation is 1. The Kier molecular flexibility index (Phi) is 2.83. The highest BCUT2D eigenvalue weighted by molar-refractivity contribution is 5.68. The topological polar surface area (TPSA) is 25.8 Å². The van der Waals surface area contributed by atoms with Gasteiger partial charge in [0.05, 0.1) is 11.4 Å². The minimum atomic E-state index is 0.303. The monoisotopic (exact) mass is 216 g/mol. The van der Waals surface area contributed by atoms with Gasteiger partial charge in [-0.15, -0.1) is 0 Å². The molecule has 1 heterocycles. The van der Waals surface area contributed by atoms with Crippen molar-refractivity contribution >= 4 is 5.57 Å². The van der Waals surface area contributed by atoms with E-state index in [0.717, 1.165) is 17.8 Å². The summed E-state index contributed by atoms with van der Waals surface area (Å²) in [5.74, 6) is 0.599. The Labute approximate surface area is 97.8 Å². The molecule has 0 bridgehead atoms. The predicted octanol–water partition coefficient (Wildman–Crippen LogP) is 3.49. The van der Waals surface area contributed by atoms with Crippen molar-refractivity contribution in [3.8, 4) is 0 Å². The van der Waals surface area contributed by atoms with Crippen LogP contribution in [0.2, 0.25) is 0 Å². The van der Waals surface area contributed by atoms with E-state index in [2.05, 4.69) is 43.7 Å². The van der Waals surface area contributed by atoms with Crippen LogP contribution in [0.1, 0.15) is 45.5 Å². The van der Waals surface area contributed by atoms with Crippen LogP contribution in [-0.4, -0.2) is 9.97 Å². The highest BCUT2D eigenvalue weighted by atomic mass is 14.8. The number of hydrogen-bond donors (Lipinski definition) is 0. The summed E-state index contributed by atoms with van der Waals surface area (Å²) in [6, 6.07) is 0. The standard InChI is InChI=1S/C14H20N2/c1-5-10-11(14(2,3)4)6-7-12-13(10)16-9-8-15-12/h5,8-9,11H,6-7H2,1-4H3/b10-5+. The van der Waals surface area contributed by atoms with Gasteiger partial charge in [-0.2, -0.15) is 0 Å². The van der Waals surface area contributed by atoms with Gasteiger partial charge in [0.15, 0.2) is 0 Å². The third kappa shape index (κ3) is 1.89. The van der Waals surface area contributed by atoms with Gasteiger partial charge < -0.3 is 0 Å². The maximum absolute atomic E-state index is 4.50. The Hall–Kier alpha value is -1.18. The van der Waals surface area contributed by atoms with E-state index in [0.29, 0.717) is 11.3 Å². The number of allylic oxidation sites excluding steroid dienone is 2. The quantitative estimate of drug-likeness (QED) is 0.663. The van der Waals surface area contributed by atoms with Gasteiger partial charge in [-0.25, -0.2) is 0 Å². The molecule has 0 radical (unpaired) electrons. The van der Waals surface area contributed by atoms with Crippen molar-refractivity contribution in [3.63, 3.8) is 0 Å². The van der Waals surface area contributed by atoms with Crippen LogP contribution in [0.4, 0.5) is 0 Å². The first kappa shape index (κ1) is 11.3. The summed E-state index contributed by atoms with van der Waals surface area (Å²) in [5.41, 5.74) is 3.96. The average molecular weight is 216 g/mol. The number of rotatable bonds is 0. The predicted molar refractivity (Wildman–Crippen MR) is 66.9 cm³/mol. The maximum atomic E-state index is 4.50. The molecule has 1 unspecified atom stereocenters. The Bertz CT molecular complexity index is 413. The lowest BCUT2D eigenvalue weighted by Crippen LogP contribution is -2.27. The molecule has 0 N–H and O–H groups in total. The lowest BCUT2D eigenvalue weighted by molar-refractivity contribution is 0.281. The zero-order chi connectivity index (χ0) is 11.8. The van der Waals surface area contributed by atoms with Gasteiger partial charge in [0.2, 0.25) is 0 Å². The zero-order valence-electron chi connectivity index (χ0n) is 10.6. The molecule has 0 saturated carbocycles. The highest BCUT2D eigenvalue weighted by Crippen LogP contribution is 2.43. The summed E-state index contributed by atoms with van der Waals surface area (Å²) in [7, 11) is 0. The molecular weight excluding hydrogens is 196 g/mol. The average Bonchev–Trinajstić information content (AvgIpc) is 2.26. The third-order valence-corrected chi connectivity index (χ3v) is 3.45. The van der Waals surface area contributed by atoms with Gasteiger partial charge in [-0.05, 0) is 36.7 Å². The summed E-state index contributed by atoms with van der Waals surface area (Å²) < 4.78 is 0. The van der Waals surface area contributed by atoms with E-state index in [1.54, 1.807) is 12.4 Å². The van der Waals surface area contributed by atoms with Crippen molar-refractivity contribution in [2.24, 2.45) is 11.3 Å². The summed E-state index contributed by atoms with van der Waals surface area (Å²) in [4.78, 5) is 8.94. The van der Waals surface area contributed by atoms with Gasteiger partial charge in [-0.1, -0.05) is 26.8 Å². The van der Waals surface area contributed by atoms with Gasteiger partial charge >= 0.3 is 0 Å². The van der Waals surface area contributed by atoms with Gasteiger partial charge in [0, 0.05) is 12.4 Å². The summed E-state index contributed by atoms with van der Waals surface area (Å²) in [6.45, 7) is 9.03. The van der Waals surface area contributed by atoms with Crippen LogP contribution in [0, 0.1) is 11.3 Å². The second kappa shape index (κ2) is 4.00. The van der Waals surface area contributed by atoms with E-state index in [4.69, 9.17) is 0 Å². The second-order valence-corrected chi connectivity index (χ2v) is 5.55. The lowest BCUT2D eigenvalue weighted by atomic mass is 9.69. The molecule has 0 saturated heterocycles. The molecule has 1 atom stereocenters. The second-order valence-electron chi connectivity index (χ2n) is 5.55. The van der Waals surface area contributed by atoms with Crippen LogP contribution >= 0.6 is 0 Å². The fourth-order valence-corrected chi connectivity index (χ4v) is 2.63. The van der Waals surface area contributed by atoms with Crippen LogP contribution in [0.3, 0.4) is 0 Å². The van der Waals surface area contributed by atoms with Gasteiger partial charge in [-0.3, -0.25) is 9.97 Å². The van der Waals surface area contributed by atoms with Crippen molar-refractivity contribution in [1.29, 1.82) is 0 Å². The molecule has 16 heavy (non-hydrogen) atoms. The Morgan fingerprint density at radius 1 is 1.25 bits per heavy atom. The van der Waals surface area contributed by atoms with Crippen LogP contribution in [0.15, 0.2) is 18.5 Å². The van der Waals surface area contributed by atoms with Crippen LogP contribution < -0.4 is 0 Å². The largest absolute Gasteiger partial charge is 0.257 e. The first-order valence-corrected chi connectivity index (χ1v) is 6.00. The van der Waals surface area contributed by atoms with Crippen molar-refractivity contribution in [1.82, 2.24) is 9.97 Å². The molecule has 0 spiro atoms. The SMILES string of the molecule is C/C=C1/c2nccnc2CCC1C(C)(C)C. The molecule has 2 nitrogen and oxygen atoms in total. The molecule has 1 aromatic rings. The molecule has 86 valence electrons. The molecule has 2 heteroatoms. The molecule has 1 aliphatic rings. The van der Waals surface area contributed by atoms with E-state index >= 15 is 0 Å². The lowest BCUT2D eigenvalue weighted by Gasteiger charge is -2.36. The smallest absolute Gasteiger partial charge is 0.0876 e. The van der Waals surface area contributed by atoms with Crippen LogP contribution in [-0.2, 0) is 6.42 Å². The fourth-order valence-electron chi connectivity index (χ4n) is 2.63. The van der Waals surface area contributed by atoms with E-state index in [1.807, 2.05) is 0 Å². The van der Waals surface area contributed by atoms with E-state index in [1.165, 1.54) is 12.0 Å². The molecule has 0 amide bonds. The molecule has 1 aromatic heterocycles. The molecular formula is C14H20N2. The van der Waals surface area contributed by atoms with Crippen LogP contribution in [0.5, 0.6) is 0 Å². The van der Waals surface area contributed by atoms with E-state index in [9.17, 15) is 0 Å². The minimum Gasteiger partial charge on any atom is -0.257 e. The Balaban J connectivity index is 2.46. The third-order valence-electron chi connectivity index (χ3n) is 3.45. The molecule has 0 aliphatic heterocycles. The summed E-state index contributed by atoms with van der Waals surface area (Å²) >= 11 is 0. The van der Waals surface area contributed by atoms with E-state index < -0.39 is 0 Å². The number of hydrogen-bond acceptors (Lipinski definition) is 2.